The number of nitrogens with one attached hydrogen (secondary N) is 1. The van der Waals surface area contributed by atoms with E-state index >= 15 is 0 Å². The summed E-state index contributed by atoms with van der Waals surface area (Å²) in [6.45, 7) is 1.22. The molecule has 0 saturated heterocycles. The molecule has 6 nitrogen and oxygen atoms in total. The lowest BCUT2D eigenvalue weighted by Crippen LogP contribution is -2.38. The van der Waals surface area contributed by atoms with Crippen LogP contribution in [0.15, 0.2) is 41.7 Å². The first-order chi connectivity index (χ1) is 12.5. The Kier molecular flexibility index (Phi) is 7.37. The highest BCUT2D eigenvalue weighted by atomic mass is 19.3. The SMILES string of the molecule is CCNC(=NCCc1cnn(C)c1)N(C)Cc1ccc(OC(F)F)cc1. The predicted octanol–water partition coefficient (Wildman–Crippen LogP) is 2.66. The smallest absolute Gasteiger partial charge is 0.387 e. The Bertz CT molecular complexity index is 700. The minimum atomic E-state index is -2.81. The summed E-state index contributed by atoms with van der Waals surface area (Å²) in [5, 5.41) is 7.41. The molecule has 0 saturated carbocycles. The van der Waals surface area contributed by atoms with Crippen molar-refractivity contribution in [3.63, 3.8) is 0 Å². The molecule has 142 valence electrons. The van der Waals surface area contributed by atoms with E-state index in [1.807, 2.05) is 38.3 Å². The van der Waals surface area contributed by atoms with Gasteiger partial charge >= 0.3 is 6.61 Å². The van der Waals surface area contributed by atoms with Gasteiger partial charge in [-0.2, -0.15) is 13.9 Å². The molecule has 0 fully saturated rings. The van der Waals surface area contributed by atoms with Crippen LogP contribution in [0.4, 0.5) is 8.78 Å². The van der Waals surface area contributed by atoms with E-state index in [1.165, 1.54) is 0 Å². The Morgan fingerprint density at radius 1 is 1.31 bits per heavy atom. The van der Waals surface area contributed by atoms with Crippen molar-refractivity contribution in [2.24, 2.45) is 12.0 Å². The number of aromatic nitrogens is 2. The molecule has 1 heterocycles. The zero-order valence-corrected chi connectivity index (χ0v) is 15.3. The van der Waals surface area contributed by atoms with Crippen LogP contribution in [0.25, 0.3) is 0 Å². The molecule has 1 N–H and O–H groups in total. The van der Waals surface area contributed by atoms with Crippen molar-refractivity contribution in [1.82, 2.24) is 20.0 Å². The number of aliphatic imine (C=N–C) groups is 1. The van der Waals surface area contributed by atoms with Crippen LogP contribution >= 0.6 is 0 Å². The highest BCUT2D eigenvalue weighted by Crippen LogP contribution is 2.15. The molecule has 0 bridgehead atoms. The van der Waals surface area contributed by atoms with E-state index in [2.05, 4.69) is 20.1 Å². The van der Waals surface area contributed by atoms with Crippen molar-refractivity contribution in [1.29, 1.82) is 0 Å². The lowest BCUT2D eigenvalue weighted by atomic mass is 10.2. The topological polar surface area (TPSA) is 54.7 Å². The fourth-order valence-corrected chi connectivity index (χ4v) is 2.49. The predicted molar refractivity (Wildman–Crippen MR) is 97.4 cm³/mol. The van der Waals surface area contributed by atoms with Gasteiger partial charge in [0.15, 0.2) is 5.96 Å². The number of alkyl halides is 2. The fraction of sp³-hybridized carbons (Fsp3) is 0.444. The molecule has 2 rings (SSSR count). The molecule has 0 atom stereocenters. The second-order valence-electron chi connectivity index (χ2n) is 5.89. The third-order valence-electron chi connectivity index (χ3n) is 3.69. The third kappa shape index (κ3) is 6.34. The molecule has 1 aromatic heterocycles. The summed E-state index contributed by atoms with van der Waals surface area (Å²) in [5.74, 6) is 0.952. The number of halogens is 2. The Hall–Kier alpha value is -2.64. The molecule has 0 aliphatic carbocycles. The first kappa shape index (κ1) is 19.7. The van der Waals surface area contributed by atoms with E-state index in [9.17, 15) is 8.78 Å². The Balaban J connectivity index is 1.93. The van der Waals surface area contributed by atoms with Gasteiger partial charge in [-0.1, -0.05) is 12.1 Å². The first-order valence-electron chi connectivity index (χ1n) is 8.48. The second kappa shape index (κ2) is 9.74. The third-order valence-corrected chi connectivity index (χ3v) is 3.69. The van der Waals surface area contributed by atoms with Gasteiger partial charge in [0.1, 0.15) is 5.75 Å². The average molecular weight is 365 g/mol. The van der Waals surface area contributed by atoms with Crippen LogP contribution in [0.3, 0.4) is 0 Å². The molecule has 0 unspecified atom stereocenters. The van der Waals surface area contributed by atoms with Crippen LogP contribution < -0.4 is 10.1 Å². The molecule has 2 aromatic rings. The van der Waals surface area contributed by atoms with Gasteiger partial charge in [-0.3, -0.25) is 9.67 Å². The van der Waals surface area contributed by atoms with E-state index in [0.717, 1.165) is 30.1 Å². The summed E-state index contributed by atoms with van der Waals surface area (Å²) in [6.07, 6.45) is 4.64. The van der Waals surface area contributed by atoms with E-state index in [1.54, 1.807) is 28.9 Å². The molecular weight excluding hydrogens is 340 g/mol. The number of rotatable bonds is 8. The van der Waals surface area contributed by atoms with E-state index in [0.29, 0.717) is 13.1 Å². The van der Waals surface area contributed by atoms with Crippen LogP contribution in [-0.2, 0) is 20.0 Å². The van der Waals surface area contributed by atoms with Gasteiger partial charge in [0.25, 0.3) is 0 Å². The second-order valence-corrected chi connectivity index (χ2v) is 5.89. The van der Waals surface area contributed by atoms with Crippen molar-refractivity contribution in [2.75, 3.05) is 20.1 Å². The molecule has 0 radical (unpaired) electrons. The van der Waals surface area contributed by atoms with Gasteiger partial charge in [-0.25, -0.2) is 0 Å². The number of hydrogen-bond acceptors (Lipinski definition) is 3. The normalized spacial score (nSPS) is 11.7. The summed E-state index contributed by atoms with van der Waals surface area (Å²) < 4.78 is 30.6. The fourth-order valence-electron chi connectivity index (χ4n) is 2.49. The van der Waals surface area contributed by atoms with Crippen LogP contribution in [0.2, 0.25) is 0 Å². The maximum atomic E-state index is 12.2. The summed E-state index contributed by atoms with van der Waals surface area (Å²) in [5.41, 5.74) is 2.12. The van der Waals surface area contributed by atoms with Gasteiger partial charge in [0.2, 0.25) is 0 Å². The van der Waals surface area contributed by atoms with Gasteiger partial charge in [0, 0.05) is 39.9 Å². The number of nitrogens with zero attached hydrogens (tertiary/aromatic N) is 4. The minimum Gasteiger partial charge on any atom is -0.435 e. The molecule has 8 heteroatoms. The number of guanidine groups is 1. The van der Waals surface area contributed by atoms with E-state index in [-0.39, 0.29) is 5.75 Å². The lowest BCUT2D eigenvalue weighted by molar-refractivity contribution is -0.0498. The number of hydrogen-bond donors (Lipinski definition) is 1. The number of aryl methyl sites for hydroxylation is 1. The Morgan fingerprint density at radius 3 is 2.62 bits per heavy atom. The van der Waals surface area contributed by atoms with Crippen molar-refractivity contribution in [2.45, 2.75) is 26.5 Å². The van der Waals surface area contributed by atoms with Gasteiger partial charge < -0.3 is 15.0 Å². The maximum absolute atomic E-state index is 12.2. The van der Waals surface area contributed by atoms with Crippen molar-refractivity contribution in [3.05, 3.63) is 47.8 Å². The lowest BCUT2D eigenvalue weighted by Gasteiger charge is -2.22. The summed E-state index contributed by atoms with van der Waals surface area (Å²) in [7, 11) is 3.83. The van der Waals surface area contributed by atoms with Gasteiger partial charge in [-0.05, 0) is 36.6 Å². The van der Waals surface area contributed by atoms with Crippen molar-refractivity contribution < 1.29 is 13.5 Å². The highest BCUT2D eigenvalue weighted by molar-refractivity contribution is 5.79. The molecule has 26 heavy (non-hydrogen) atoms. The van der Waals surface area contributed by atoms with Crippen LogP contribution in [0, 0.1) is 0 Å². The highest BCUT2D eigenvalue weighted by Gasteiger charge is 2.08. The summed E-state index contributed by atoms with van der Waals surface area (Å²) in [6, 6.07) is 6.63. The first-order valence-corrected chi connectivity index (χ1v) is 8.48. The quantitative estimate of drug-likeness (QED) is 0.577. The molecule has 0 aliphatic rings. The molecule has 0 aliphatic heterocycles. The number of benzene rings is 1. The monoisotopic (exact) mass is 365 g/mol. The zero-order valence-electron chi connectivity index (χ0n) is 15.3. The molecule has 1 aromatic carbocycles. The van der Waals surface area contributed by atoms with Crippen molar-refractivity contribution in [3.8, 4) is 5.75 Å². The molecule has 0 amide bonds. The van der Waals surface area contributed by atoms with Crippen LogP contribution in [0.1, 0.15) is 18.1 Å². The van der Waals surface area contributed by atoms with E-state index < -0.39 is 6.61 Å². The molecule has 0 spiro atoms. The van der Waals surface area contributed by atoms with Gasteiger partial charge in [0.05, 0.1) is 6.20 Å². The Morgan fingerprint density at radius 2 is 2.04 bits per heavy atom. The van der Waals surface area contributed by atoms with Crippen LogP contribution in [-0.4, -0.2) is 47.4 Å². The Labute approximate surface area is 152 Å². The summed E-state index contributed by atoms with van der Waals surface area (Å²) in [4.78, 5) is 6.64. The minimum absolute atomic E-state index is 0.156. The van der Waals surface area contributed by atoms with Gasteiger partial charge in [-0.15, -0.1) is 0 Å². The van der Waals surface area contributed by atoms with Crippen molar-refractivity contribution >= 4 is 5.96 Å². The molecular formula is C18H25F2N5O. The number of ether oxygens (including phenoxy) is 1. The zero-order chi connectivity index (χ0) is 18.9. The summed E-state index contributed by atoms with van der Waals surface area (Å²) >= 11 is 0. The average Bonchev–Trinajstić information content (AvgIpc) is 3.00. The van der Waals surface area contributed by atoms with Crippen LogP contribution in [0.5, 0.6) is 5.75 Å². The standard InChI is InChI=1S/C18H25F2N5O/c1-4-21-18(22-10-9-15-11-23-25(3)13-15)24(2)12-14-5-7-16(8-6-14)26-17(19)20/h5-8,11,13,17H,4,9-10,12H2,1-3H3,(H,21,22). The maximum Gasteiger partial charge on any atom is 0.387 e. The largest absolute Gasteiger partial charge is 0.435 e. The van der Waals surface area contributed by atoms with E-state index in [4.69, 9.17) is 0 Å².